The number of thiazole rings is 1. The molecule has 144 valence electrons. The minimum absolute atomic E-state index is 0.0665. The molecule has 1 aliphatic rings. The molecular formula is C24H14FN3OS. The second-order valence-electron chi connectivity index (χ2n) is 7.33. The van der Waals surface area contributed by atoms with Crippen molar-refractivity contribution < 1.29 is 9.18 Å². The van der Waals surface area contributed by atoms with Gasteiger partial charge in [0.1, 0.15) is 11.5 Å². The van der Waals surface area contributed by atoms with Crippen molar-refractivity contribution >= 4 is 27.3 Å². The summed E-state index contributed by atoms with van der Waals surface area (Å²) in [7, 11) is 0. The van der Waals surface area contributed by atoms with E-state index in [1.54, 1.807) is 16.8 Å². The topological polar surface area (TPSA) is 47.8 Å². The highest BCUT2D eigenvalue weighted by molar-refractivity contribution is 7.20. The summed E-state index contributed by atoms with van der Waals surface area (Å²) in [4.78, 5) is 18.0. The molecule has 0 saturated heterocycles. The highest BCUT2D eigenvalue weighted by Crippen LogP contribution is 2.43. The van der Waals surface area contributed by atoms with Crippen LogP contribution in [0.1, 0.15) is 21.5 Å². The van der Waals surface area contributed by atoms with Crippen LogP contribution in [0, 0.1) is 12.7 Å². The van der Waals surface area contributed by atoms with E-state index in [0.29, 0.717) is 27.5 Å². The average molecular weight is 411 g/mol. The molecule has 5 aromatic rings. The zero-order chi connectivity index (χ0) is 20.4. The minimum atomic E-state index is -0.328. The van der Waals surface area contributed by atoms with Crippen molar-refractivity contribution in [3.8, 4) is 27.6 Å². The van der Waals surface area contributed by atoms with Gasteiger partial charge in [-0.15, -0.1) is 0 Å². The third-order valence-electron chi connectivity index (χ3n) is 5.37. The van der Waals surface area contributed by atoms with Crippen LogP contribution in [-0.2, 0) is 0 Å². The first-order chi connectivity index (χ1) is 14.6. The summed E-state index contributed by atoms with van der Waals surface area (Å²) in [6.07, 6.45) is 0. The molecule has 0 N–H and O–H groups in total. The first-order valence-electron chi connectivity index (χ1n) is 9.51. The van der Waals surface area contributed by atoms with Crippen LogP contribution in [0.4, 0.5) is 4.39 Å². The number of hydrogen-bond donors (Lipinski definition) is 0. The van der Waals surface area contributed by atoms with Crippen LogP contribution in [0.3, 0.4) is 0 Å². The van der Waals surface area contributed by atoms with E-state index in [4.69, 9.17) is 10.1 Å². The Balaban J connectivity index is 1.66. The fourth-order valence-corrected chi connectivity index (χ4v) is 4.99. The van der Waals surface area contributed by atoms with Crippen LogP contribution >= 0.6 is 11.3 Å². The SMILES string of the molecule is Cc1ccc2nc(-n3nc(-c4ccc(F)cc4)c4c3-c3ccccc3C4=O)sc2c1. The Morgan fingerprint density at radius 2 is 1.73 bits per heavy atom. The molecule has 0 aliphatic heterocycles. The summed E-state index contributed by atoms with van der Waals surface area (Å²) in [5.41, 5.74) is 6.07. The van der Waals surface area contributed by atoms with E-state index in [-0.39, 0.29) is 11.6 Å². The van der Waals surface area contributed by atoms with Gasteiger partial charge in [0.25, 0.3) is 0 Å². The maximum atomic E-state index is 13.5. The number of rotatable bonds is 2. The Hall–Kier alpha value is -3.64. The molecular weight excluding hydrogens is 397 g/mol. The standard InChI is InChI=1S/C24H14FN3OS/c1-13-6-11-18-19(12-13)30-24(26-18)28-22-16-4-2-3-5-17(16)23(29)20(22)21(27-28)14-7-9-15(25)10-8-14/h2-12H,1H3. The van der Waals surface area contributed by atoms with E-state index in [1.807, 2.05) is 43.3 Å². The lowest BCUT2D eigenvalue weighted by atomic mass is 10.0. The van der Waals surface area contributed by atoms with Gasteiger partial charge in [-0.2, -0.15) is 5.10 Å². The number of aryl methyl sites for hydroxylation is 1. The van der Waals surface area contributed by atoms with Crippen molar-refractivity contribution in [2.45, 2.75) is 6.92 Å². The lowest BCUT2D eigenvalue weighted by Gasteiger charge is -2.03. The van der Waals surface area contributed by atoms with Gasteiger partial charge in [-0.05, 0) is 48.9 Å². The summed E-state index contributed by atoms with van der Waals surface area (Å²) >= 11 is 1.54. The molecule has 6 heteroatoms. The average Bonchev–Trinajstić information content (AvgIpc) is 3.42. The molecule has 0 atom stereocenters. The Bertz CT molecular complexity index is 1480. The Morgan fingerprint density at radius 3 is 2.53 bits per heavy atom. The summed E-state index contributed by atoms with van der Waals surface area (Å²) in [6.45, 7) is 2.05. The molecule has 30 heavy (non-hydrogen) atoms. The van der Waals surface area contributed by atoms with Crippen molar-refractivity contribution in [1.29, 1.82) is 0 Å². The van der Waals surface area contributed by atoms with Crippen molar-refractivity contribution in [3.05, 3.63) is 89.2 Å². The van der Waals surface area contributed by atoms with Gasteiger partial charge in [-0.25, -0.2) is 14.1 Å². The van der Waals surface area contributed by atoms with E-state index in [1.165, 1.54) is 23.5 Å². The van der Waals surface area contributed by atoms with Crippen LogP contribution in [0.15, 0.2) is 66.7 Å². The first kappa shape index (κ1) is 17.2. The number of halogens is 1. The number of fused-ring (bicyclic) bond motifs is 4. The van der Waals surface area contributed by atoms with Gasteiger partial charge < -0.3 is 0 Å². The molecule has 0 unspecified atom stereocenters. The van der Waals surface area contributed by atoms with Gasteiger partial charge in [0, 0.05) is 16.7 Å². The monoisotopic (exact) mass is 411 g/mol. The van der Waals surface area contributed by atoms with Crippen molar-refractivity contribution in [1.82, 2.24) is 14.8 Å². The molecule has 3 aromatic carbocycles. The van der Waals surface area contributed by atoms with Gasteiger partial charge in [-0.3, -0.25) is 4.79 Å². The Kier molecular flexibility index (Phi) is 3.55. The highest BCUT2D eigenvalue weighted by atomic mass is 32.1. The fraction of sp³-hybridized carbons (Fsp3) is 0.0417. The zero-order valence-electron chi connectivity index (χ0n) is 15.9. The lowest BCUT2D eigenvalue weighted by Crippen LogP contribution is -2.00. The maximum Gasteiger partial charge on any atom is 0.212 e. The number of ketones is 1. The summed E-state index contributed by atoms with van der Waals surface area (Å²) in [5, 5.41) is 5.49. The maximum absolute atomic E-state index is 13.5. The largest absolute Gasteiger partial charge is 0.288 e. The summed E-state index contributed by atoms with van der Waals surface area (Å²) < 4.78 is 16.3. The quantitative estimate of drug-likeness (QED) is 0.361. The summed E-state index contributed by atoms with van der Waals surface area (Å²) in [6, 6.07) is 19.7. The van der Waals surface area contributed by atoms with Gasteiger partial charge in [0.15, 0.2) is 5.78 Å². The van der Waals surface area contributed by atoms with Gasteiger partial charge in [0.05, 0.1) is 21.5 Å². The van der Waals surface area contributed by atoms with Gasteiger partial charge in [-0.1, -0.05) is 41.7 Å². The molecule has 0 bridgehead atoms. The van der Waals surface area contributed by atoms with E-state index < -0.39 is 0 Å². The Labute approximate surface area is 175 Å². The molecule has 2 aromatic heterocycles. The van der Waals surface area contributed by atoms with Gasteiger partial charge >= 0.3 is 0 Å². The fourth-order valence-electron chi connectivity index (χ4n) is 3.96. The zero-order valence-corrected chi connectivity index (χ0v) is 16.7. The number of benzene rings is 3. The smallest absolute Gasteiger partial charge is 0.212 e. The number of hydrogen-bond acceptors (Lipinski definition) is 4. The normalized spacial score (nSPS) is 12.4. The minimum Gasteiger partial charge on any atom is -0.288 e. The van der Waals surface area contributed by atoms with Crippen molar-refractivity contribution in [2.75, 3.05) is 0 Å². The first-order valence-corrected chi connectivity index (χ1v) is 10.3. The Morgan fingerprint density at radius 1 is 0.967 bits per heavy atom. The van der Waals surface area contributed by atoms with Crippen molar-refractivity contribution in [2.24, 2.45) is 0 Å². The molecule has 0 saturated carbocycles. The van der Waals surface area contributed by atoms with E-state index in [0.717, 1.165) is 27.0 Å². The summed E-state index contributed by atoms with van der Waals surface area (Å²) in [5.74, 6) is -0.394. The molecule has 0 amide bonds. The van der Waals surface area contributed by atoms with E-state index in [2.05, 4.69) is 6.07 Å². The number of aromatic nitrogens is 3. The molecule has 6 rings (SSSR count). The van der Waals surface area contributed by atoms with Crippen LogP contribution in [-0.4, -0.2) is 20.5 Å². The molecule has 4 nitrogen and oxygen atoms in total. The van der Waals surface area contributed by atoms with Crippen LogP contribution in [0.25, 0.3) is 37.9 Å². The number of carbonyl (C=O) groups is 1. The predicted molar refractivity (Wildman–Crippen MR) is 116 cm³/mol. The predicted octanol–water partition coefficient (Wildman–Crippen LogP) is 5.81. The molecule has 0 spiro atoms. The van der Waals surface area contributed by atoms with Crippen LogP contribution in [0.2, 0.25) is 0 Å². The number of carbonyl (C=O) groups excluding carboxylic acids is 1. The van der Waals surface area contributed by atoms with Crippen LogP contribution in [0.5, 0.6) is 0 Å². The number of nitrogens with zero attached hydrogens (tertiary/aromatic N) is 3. The van der Waals surface area contributed by atoms with E-state index >= 15 is 0 Å². The second kappa shape index (κ2) is 6.18. The van der Waals surface area contributed by atoms with Gasteiger partial charge in [0.2, 0.25) is 5.13 Å². The van der Waals surface area contributed by atoms with Crippen LogP contribution < -0.4 is 0 Å². The second-order valence-corrected chi connectivity index (χ2v) is 8.34. The van der Waals surface area contributed by atoms with Crippen molar-refractivity contribution in [3.63, 3.8) is 0 Å². The lowest BCUT2D eigenvalue weighted by molar-refractivity contribution is 0.104. The molecule has 0 fully saturated rings. The highest BCUT2D eigenvalue weighted by Gasteiger charge is 2.35. The molecule has 2 heterocycles. The van der Waals surface area contributed by atoms with E-state index in [9.17, 15) is 9.18 Å². The molecule has 0 radical (unpaired) electrons. The third kappa shape index (κ3) is 2.40. The molecule has 1 aliphatic carbocycles. The third-order valence-corrected chi connectivity index (χ3v) is 6.36.